The highest BCUT2D eigenvalue weighted by Crippen LogP contribution is 2.42. The molecule has 1 aromatic carbocycles. The third kappa shape index (κ3) is 1.28. The van der Waals surface area contributed by atoms with Gasteiger partial charge in [0, 0.05) is 24.2 Å². The van der Waals surface area contributed by atoms with Crippen LogP contribution in [0.25, 0.3) is 0 Å². The molecule has 0 aliphatic carbocycles. The van der Waals surface area contributed by atoms with Crippen molar-refractivity contribution in [2.45, 2.75) is 18.8 Å². The third-order valence-corrected chi connectivity index (χ3v) is 3.91. The van der Waals surface area contributed by atoms with E-state index in [2.05, 4.69) is 42.4 Å². The van der Waals surface area contributed by atoms with Crippen LogP contribution in [0, 0.1) is 6.92 Å². The maximum Gasteiger partial charge on any atom is 0.0382 e. The van der Waals surface area contributed by atoms with Crippen molar-refractivity contribution >= 4 is 5.69 Å². The Bertz CT molecular complexity index is 400. The zero-order chi connectivity index (χ0) is 10.5. The van der Waals surface area contributed by atoms with Crippen molar-refractivity contribution < 1.29 is 0 Å². The van der Waals surface area contributed by atoms with E-state index in [9.17, 15) is 0 Å². The topological polar surface area (TPSA) is 15.3 Å². The Kier molecular flexibility index (Phi) is 1.84. The van der Waals surface area contributed by atoms with Gasteiger partial charge in [0.25, 0.3) is 0 Å². The van der Waals surface area contributed by atoms with E-state index < -0.39 is 0 Å². The van der Waals surface area contributed by atoms with Crippen LogP contribution < -0.4 is 5.32 Å². The van der Waals surface area contributed by atoms with Crippen molar-refractivity contribution in [3.63, 3.8) is 0 Å². The molecular formula is C13H18N2. The molecular weight excluding hydrogens is 184 g/mol. The van der Waals surface area contributed by atoms with Crippen molar-refractivity contribution in [3.8, 4) is 0 Å². The van der Waals surface area contributed by atoms with Crippen LogP contribution in [0.15, 0.2) is 18.2 Å². The van der Waals surface area contributed by atoms with E-state index in [1.807, 2.05) is 0 Å². The summed E-state index contributed by atoms with van der Waals surface area (Å²) in [6, 6.07) is 6.85. The van der Waals surface area contributed by atoms with Crippen LogP contribution in [-0.4, -0.2) is 31.6 Å². The first-order valence-electron chi connectivity index (χ1n) is 5.73. The van der Waals surface area contributed by atoms with Gasteiger partial charge in [-0.2, -0.15) is 0 Å². The Hall–Kier alpha value is -1.02. The standard InChI is InChI=1S/C13H18N2/c1-10-3-4-11-12(7-10)14-8-13(11)5-6-15(2)9-13/h3-4,7,14H,5-6,8-9H2,1-2H3. The molecule has 1 unspecified atom stereocenters. The van der Waals surface area contributed by atoms with Gasteiger partial charge in [-0.05, 0) is 44.1 Å². The fourth-order valence-electron chi connectivity index (χ4n) is 3.07. The van der Waals surface area contributed by atoms with Gasteiger partial charge in [0.2, 0.25) is 0 Å². The normalized spacial score (nSPS) is 29.5. The van der Waals surface area contributed by atoms with Gasteiger partial charge in [0.1, 0.15) is 0 Å². The van der Waals surface area contributed by atoms with Crippen LogP contribution in [0.5, 0.6) is 0 Å². The summed E-state index contributed by atoms with van der Waals surface area (Å²) in [7, 11) is 2.22. The second kappa shape index (κ2) is 2.99. The van der Waals surface area contributed by atoms with Gasteiger partial charge >= 0.3 is 0 Å². The highest BCUT2D eigenvalue weighted by molar-refractivity contribution is 5.62. The molecule has 1 fully saturated rings. The summed E-state index contributed by atoms with van der Waals surface area (Å²) in [5, 5.41) is 3.57. The van der Waals surface area contributed by atoms with Gasteiger partial charge in [-0.1, -0.05) is 12.1 Å². The molecule has 2 nitrogen and oxygen atoms in total. The molecule has 15 heavy (non-hydrogen) atoms. The molecule has 3 rings (SSSR count). The lowest BCUT2D eigenvalue weighted by Gasteiger charge is -2.23. The van der Waals surface area contributed by atoms with Gasteiger partial charge < -0.3 is 10.2 Å². The number of benzene rings is 1. The number of likely N-dealkylation sites (N-methyl/N-ethyl adjacent to an activating group) is 1. The molecule has 2 heteroatoms. The predicted molar refractivity (Wildman–Crippen MR) is 63.5 cm³/mol. The Labute approximate surface area is 91.3 Å². The van der Waals surface area contributed by atoms with Crippen molar-refractivity contribution in [2.75, 3.05) is 32.0 Å². The first-order chi connectivity index (χ1) is 7.20. The SMILES string of the molecule is Cc1ccc2c(c1)NCC21CCN(C)C1. The Morgan fingerprint density at radius 2 is 2.27 bits per heavy atom. The van der Waals surface area contributed by atoms with Gasteiger partial charge in [-0.3, -0.25) is 0 Å². The number of likely N-dealkylation sites (tertiary alicyclic amines) is 1. The van der Waals surface area contributed by atoms with E-state index in [1.165, 1.54) is 36.3 Å². The molecule has 0 aromatic heterocycles. The van der Waals surface area contributed by atoms with Crippen molar-refractivity contribution in [1.29, 1.82) is 0 Å². The molecule has 1 spiro atoms. The molecule has 1 saturated heterocycles. The largest absolute Gasteiger partial charge is 0.384 e. The lowest BCUT2D eigenvalue weighted by Crippen LogP contribution is -2.31. The third-order valence-electron chi connectivity index (χ3n) is 3.91. The Balaban J connectivity index is 2.04. The smallest absolute Gasteiger partial charge is 0.0382 e. The maximum atomic E-state index is 3.57. The lowest BCUT2D eigenvalue weighted by atomic mass is 9.81. The molecule has 1 N–H and O–H groups in total. The van der Waals surface area contributed by atoms with Gasteiger partial charge in [0.15, 0.2) is 0 Å². The molecule has 1 atom stereocenters. The monoisotopic (exact) mass is 202 g/mol. The number of rotatable bonds is 0. The fraction of sp³-hybridized carbons (Fsp3) is 0.538. The number of hydrogen-bond acceptors (Lipinski definition) is 2. The highest BCUT2D eigenvalue weighted by Gasteiger charge is 2.43. The molecule has 0 bridgehead atoms. The molecule has 2 aliphatic rings. The van der Waals surface area contributed by atoms with Crippen LogP contribution in [0.1, 0.15) is 17.5 Å². The predicted octanol–water partition coefficient (Wildman–Crippen LogP) is 1.99. The second-order valence-electron chi connectivity index (χ2n) is 5.17. The number of hydrogen-bond donors (Lipinski definition) is 1. The van der Waals surface area contributed by atoms with Gasteiger partial charge in [-0.15, -0.1) is 0 Å². The van der Waals surface area contributed by atoms with Crippen LogP contribution >= 0.6 is 0 Å². The summed E-state index contributed by atoms with van der Waals surface area (Å²) in [5.74, 6) is 0. The number of aryl methyl sites for hydroxylation is 1. The van der Waals surface area contributed by atoms with E-state index in [0.29, 0.717) is 5.41 Å². The maximum absolute atomic E-state index is 3.57. The van der Waals surface area contributed by atoms with Crippen LogP contribution in [0.2, 0.25) is 0 Å². The van der Waals surface area contributed by atoms with Crippen LogP contribution in [-0.2, 0) is 5.41 Å². The number of fused-ring (bicyclic) bond motifs is 2. The highest BCUT2D eigenvalue weighted by atomic mass is 15.1. The Morgan fingerprint density at radius 3 is 3.00 bits per heavy atom. The summed E-state index contributed by atoms with van der Waals surface area (Å²) in [5.41, 5.74) is 4.66. The molecule has 2 aliphatic heterocycles. The van der Waals surface area contributed by atoms with Crippen molar-refractivity contribution in [1.82, 2.24) is 4.90 Å². The van der Waals surface area contributed by atoms with Gasteiger partial charge in [-0.25, -0.2) is 0 Å². The average molecular weight is 202 g/mol. The zero-order valence-corrected chi connectivity index (χ0v) is 9.51. The lowest BCUT2D eigenvalue weighted by molar-refractivity contribution is 0.381. The van der Waals surface area contributed by atoms with E-state index in [-0.39, 0.29) is 0 Å². The van der Waals surface area contributed by atoms with Gasteiger partial charge in [0.05, 0.1) is 0 Å². The van der Waals surface area contributed by atoms with E-state index in [0.717, 1.165) is 6.54 Å². The summed E-state index contributed by atoms with van der Waals surface area (Å²) in [6.07, 6.45) is 1.30. The fourth-order valence-corrected chi connectivity index (χ4v) is 3.07. The summed E-state index contributed by atoms with van der Waals surface area (Å²) >= 11 is 0. The summed E-state index contributed by atoms with van der Waals surface area (Å²) in [4.78, 5) is 2.44. The quantitative estimate of drug-likeness (QED) is 0.692. The zero-order valence-electron chi connectivity index (χ0n) is 9.51. The minimum atomic E-state index is 0.401. The number of anilines is 1. The number of nitrogens with one attached hydrogen (secondary N) is 1. The molecule has 80 valence electrons. The first kappa shape index (κ1) is 9.22. The second-order valence-corrected chi connectivity index (χ2v) is 5.17. The molecule has 0 radical (unpaired) electrons. The average Bonchev–Trinajstić information content (AvgIpc) is 2.73. The molecule has 2 heterocycles. The first-order valence-corrected chi connectivity index (χ1v) is 5.73. The molecule has 0 saturated carbocycles. The molecule has 1 aromatic rings. The van der Waals surface area contributed by atoms with Crippen LogP contribution in [0.3, 0.4) is 0 Å². The van der Waals surface area contributed by atoms with Crippen LogP contribution in [0.4, 0.5) is 5.69 Å². The minimum Gasteiger partial charge on any atom is -0.384 e. The van der Waals surface area contributed by atoms with Crippen molar-refractivity contribution in [3.05, 3.63) is 29.3 Å². The molecule has 0 amide bonds. The summed E-state index contributed by atoms with van der Waals surface area (Å²) < 4.78 is 0. The Morgan fingerprint density at radius 1 is 1.40 bits per heavy atom. The van der Waals surface area contributed by atoms with E-state index in [1.54, 1.807) is 0 Å². The van der Waals surface area contributed by atoms with Crippen molar-refractivity contribution in [2.24, 2.45) is 0 Å². The van der Waals surface area contributed by atoms with E-state index >= 15 is 0 Å². The minimum absolute atomic E-state index is 0.401. The number of nitrogens with zero attached hydrogens (tertiary/aromatic N) is 1. The summed E-state index contributed by atoms with van der Waals surface area (Å²) in [6.45, 7) is 5.72. The van der Waals surface area contributed by atoms with E-state index in [4.69, 9.17) is 0 Å².